The number of hydrogen-bond acceptors (Lipinski definition) is 5. The van der Waals surface area contributed by atoms with Gasteiger partial charge in [0.25, 0.3) is 0 Å². The Morgan fingerprint density at radius 3 is 2.96 bits per heavy atom. The molecule has 0 radical (unpaired) electrons. The number of nitriles is 1. The molecule has 4 rings (SSSR count). The largest absolute Gasteiger partial charge is 0.339 e. The van der Waals surface area contributed by atoms with Gasteiger partial charge < -0.3 is 4.52 Å². The lowest BCUT2D eigenvalue weighted by Crippen LogP contribution is -2.24. The van der Waals surface area contributed by atoms with E-state index in [2.05, 4.69) is 15.0 Å². The third kappa shape index (κ3) is 2.84. The Morgan fingerprint density at radius 2 is 2.22 bits per heavy atom. The Labute approximate surface area is 133 Å². The zero-order chi connectivity index (χ0) is 15.8. The standard InChI is InChI=1S/C17H17FN4O/c18-14-8-11(9-19)3-4-13(14)10-22-7-1-2-15(22)16-20-17(23-21-16)12-5-6-12/h3-4,8,12,15H,1-2,5-7,10H2. The highest BCUT2D eigenvalue weighted by atomic mass is 19.1. The summed E-state index contributed by atoms with van der Waals surface area (Å²) in [6, 6.07) is 6.68. The lowest BCUT2D eigenvalue weighted by Gasteiger charge is -2.22. The molecule has 1 aromatic heterocycles. The van der Waals surface area contributed by atoms with Gasteiger partial charge in [0.05, 0.1) is 17.7 Å². The molecular formula is C17H17FN4O. The van der Waals surface area contributed by atoms with Gasteiger partial charge in [-0.25, -0.2) is 4.39 Å². The molecule has 118 valence electrons. The summed E-state index contributed by atoms with van der Waals surface area (Å²) in [5.41, 5.74) is 0.943. The van der Waals surface area contributed by atoms with Gasteiger partial charge in [-0.05, 0) is 44.4 Å². The van der Waals surface area contributed by atoms with E-state index >= 15 is 0 Å². The lowest BCUT2D eigenvalue weighted by atomic mass is 10.1. The van der Waals surface area contributed by atoms with Crippen molar-refractivity contribution in [3.8, 4) is 6.07 Å². The van der Waals surface area contributed by atoms with Gasteiger partial charge in [0.15, 0.2) is 5.82 Å². The minimum atomic E-state index is -0.332. The minimum absolute atomic E-state index is 0.0845. The molecule has 1 aliphatic carbocycles. The van der Waals surface area contributed by atoms with Crippen molar-refractivity contribution >= 4 is 0 Å². The summed E-state index contributed by atoms with van der Waals surface area (Å²) in [4.78, 5) is 6.73. The molecule has 1 saturated heterocycles. The maximum absolute atomic E-state index is 14.1. The van der Waals surface area contributed by atoms with Crippen LogP contribution in [0.2, 0.25) is 0 Å². The second-order valence-corrected chi connectivity index (χ2v) is 6.31. The molecule has 0 amide bonds. The zero-order valence-electron chi connectivity index (χ0n) is 12.7. The van der Waals surface area contributed by atoms with Gasteiger partial charge in [0.1, 0.15) is 5.82 Å². The van der Waals surface area contributed by atoms with Crippen molar-refractivity contribution in [1.29, 1.82) is 5.26 Å². The molecule has 2 aliphatic rings. The molecule has 1 aromatic carbocycles. The van der Waals surface area contributed by atoms with E-state index in [9.17, 15) is 4.39 Å². The smallest absolute Gasteiger partial charge is 0.229 e. The molecule has 0 N–H and O–H groups in total. The number of aromatic nitrogens is 2. The van der Waals surface area contributed by atoms with Gasteiger partial charge >= 0.3 is 0 Å². The van der Waals surface area contributed by atoms with Crippen LogP contribution in [0.4, 0.5) is 4.39 Å². The van der Waals surface area contributed by atoms with Gasteiger partial charge in [-0.3, -0.25) is 4.90 Å². The van der Waals surface area contributed by atoms with E-state index in [-0.39, 0.29) is 11.9 Å². The molecule has 2 heterocycles. The summed E-state index contributed by atoms with van der Waals surface area (Å²) in [6.45, 7) is 1.38. The summed E-state index contributed by atoms with van der Waals surface area (Å²) in [5.74, 6) is 1.58. The van der Waals surface area contributed by atoms with Crippen LogP contribution >= 0.6 is 0 Å². The third-order valence-electron chi connectivity index (χ3n) is 4.60. The predicted octanol–water partition coefficient (Wildman–Crippen LogP) is 3.29. The SMILES string of the molecule is N#Cc1ccc(CN2CCCC2c2noc(C3CC3)n2)c(F)c1. The molecular weight excluding hydrogens is 295 g/mol. The summed E-state index contributed by atoms with van der Waals surface area (Å²) in [5, 5.41) is 13.0. The fourth-order valence-electron chi connectivity index (χ4n) is 3.15. The van der Waals surface area contributed by atoms with Crippen molar-refractivity contribution in [3.63, 3.8) is 0 Å². The average molecular weight is 312 g/mol. The highest BCUT2D eigenvalue weighted by Crippen LogP contribution is 2.40. The highest BCUT2D eigenvalue weighted by Gasteiger charge is 2.34. The van der Waals surface area contributed by atoms with Gasteiger partial charge in [-0.1, -0.05) is 11.2 Å². The summed E-state index contributed by atoms with van der Waals surface area (Å²) >= 11 is 0. The topological polar surface area (TPSA) is 66.0 Å². The summed E-state index contributed by atoms with van der Waals surface area (Å²) < 4.78 is 19.5. The second kappa shape index (κ2) is 5.74. The number of hydrogen-bond donors (Lipinski definition) is 0. The Kier molecular flexibility index (Phi) is 3.58. The van der Waals surface area contributed by atoms with Crippen molar-refractivity contribution in [2.75, 3.05) is 6.54 Å². The molecule has 0 bridgehead atoms. The van der Waals surface area contributed by atoms with E-state index in [0.29, 0.717) is 23.6 Å². The number of benzene rings is 1. The van der Waals surface area contributed by atoms with Crippen LogP contribution in [0.1, 0.15) is 60.5 Å². The summed E-state index contributed by atoms with van der Waals surface area (Å²) in [6.07, 6.45) is 4.26. The Morgan fingerprint density at radius 1 is 1.35 bits per heavy atom. The van der Waals surface area contributed by atoms with Crippen molar-refractivity contribution < 1.29 is 8.91 Å². The maximum atomic E-state index is 14.1. The fourth-order valence-corrected chi connectivity index (χ4v) is 3.15. The van der Waals surface area contributed by atoms with Crippen molar-refractivity contribution in [2.45, 2.75) is 44.2 Å². The molecule has 6 heteroatoms. The first-order chi connectivity index (χ1) is 11.2. The van der Waals surface area contributed by atoms with Crippen LogP contribution in [0.5, 0.6) is 0 Å². The van der Waals surface area contributed by atoms with Gasteiger partial charge in [0.2, 0.25) is 5.89 Å². The lowest BCUT2D eigenvalue weighted by molar-refractivity contribution is 0.231. The fraction of sp³-hybridized carbons (Fsp3) is 0.471. The van der Waals surface area contributed by atoms with Crippen LogP contribution in [0.15, 0.2) is 22.7 Å². The van der Waals surface area contributed by atoms with Gasteiger partial charge in [-0.2, -0.15) is 10.2 Å². The quantitative estimate of drug-likeness (QED) is 0.866. The van der Waals surface area contributed by atoms with Crippen molar-refractivity contribution in [3.05, 3.63) is 46.9 Å². The molecule has 1 aliphatic heterocycles. The van der Waals surface area contributed by atoms with Gasteiger partial charge in [0, 0.05) is 18.0 Å². The molecule has 1 saturated carbocycles. The predicted molar refractivity (Wildman–Crippen MR) is 79.8 cm³/mol. The van der Waals surface area contributed by atoms with E-state index in [0.717, 1.165) is 43.9 Å². The zero-order valence-corrected chi connectivity index (χ0v) is 12.7. The molecule has 23 heavy (non-hydrogen) atoms. The maximum Gasteiger partial charge on any atom is 0.229 e. The number of halogens is 1. The molecule has 0 spiro atoms. The number of likely N-dealkylation sites (tertiary alicyclic amines) is 1. The van der Waals surface area contributed by atoms with E-state index < -0.39 is 0 Å². The van der Waals surface area contributed by atoms with Gasteiger partial charge in [-0.15, -0.1) is 0 Å². The monoisotopic (exact) mass is 312 g/mol. The Hall–Kier alpha value is -2.26. The van der Waals surface area contributed by atoms with Crippen molar-refractivity contribution in [1.82, 2.24) is 15.0 Å². The normalized spacial score (nSPS) is 21.5. The first-order valence-electron chi connectivity index (χ1n) is 8.00. The molecule has 1 atom stereocenters. The van der Waals surface area contributed by atoms with E-state index in [1.807, 2.05) is 6.07 Å². The molecule has 2 fully saturated rings. The van der Waals surface area contributed by atoms with Crippen LogP contribution in [0.25, 0.3) is 0 Å². The highest BCUT2D eigenvalue weighted by molar-refractivity contribution is 5.33. The van der Waals surface area contributed by atoms with Crippen molar-refractivity contribution in [2.24, 2.45) is 0 Å². The minimum Gasteiger partial charge on any atom is -0.339 e. The first kappa shape index (κ1) is 14.3. The van der Waals surface area contributed by atoms with Crippen LogP contribution in [-0.2, 0) is 6.54 Å². The van der Waals surface area contributed by atoms with Crippen LogP contribution in [0, 0.1) is 17.1 Å². The third-order valence-corrected chi connectivity index (χ3v) is 4.60. The van der Waals surface area contributed by atoms with E-state index in [4.69, 9.17) is 9.78 Å². The van der Waals surface area contributed by atoms with Crippen LogP contribution in [-0.4, -0.2) is 21.6 Å². The number of nitrogens with zero attached hydrogens (tertiary/aromatic N) is 4. The summed E-state index contributed by atoms with van der Waals surface area (Å²) in [7, 11) is 0. The Balaban J connectivity index is 1.52. The van der Waals surface area contributed by atoms with E-state index in [1.54, 1.807) is 12.1 Å². The first-order valence-corrected chi connectivity index (χ1v) is 8.00. The average Bonchev–Trinajstić information content (AvgIpc) is 3.11. The molecule has 5 nitrogen and oxygen atoms in total. The van der Waals surface area contributed by atoms with E-state index in [1.165, 1.54) is 6.07 Å². The molecule has 2 aromatic rings. The van der Waals surface area contributed by atoms with Crippen LogP contribution < -0.4 is 0 Å². The van der Waals surface area contributed by atoms with Crippen LogP contribution in [0.3, 0.4) is 0 Å². The number of rotatable bonds is 4. The Bertz CT molecular complexity index is 762. The molecule has 1 unspecified atom stereocenters. The second-order valence-electron chi connectivity index (χ2n) is 6.31.